The molecule has 6 nitrogen and oxygen atoms in total. The number of nitrogens with zero attached hydrogens (tertiary/aromatic N) is 4. The number of aryl methyl sites for hydroxylation is 1. The van der Waals surface area contributed by atoms with Crippen LogP contribution in [0.1, 0.15) is 11.3 Å². The highest BCUT2D eigenvalue weighted by Gasteiger charge is 2.30. The van der Waals surface area contributed by atoms with Crippen molar-refractivity contribution >= 4 is 21.4 Å². The minimum absolute atomic E-state index is 0.389. The van der Waals surface area contributed by atoms with Crippen LogP contribution in [0.5, 0.6) is 0 Å². The maximum atomic E-state index is 13.0. The molecule has 1 saturated heterocycles. The van der Waals surface area contributed by atoms with Gasteiger partial charge >= 0.3 is 0 Å². The number of sulfonamides is 1. The Labute approximate surface area is 169 Å². The zero-order chi connectivity index (χ0) is 19.6. The summed E-state index contributed by atoms with van der Waals surface area (Å²) in [5.41, 5.74) is 3.15. The molecule has 4 rings (SSSR count). The van der Waals surface area contributed by atoms with Crippen molar-refractivity contribution in [3.05, 3.63) is 66.2 Å². The van der Waals surface area contributed by atoms with Crippen molar-refractivity contribution in [2.75, 3.05) is 26.2 Å². The van der Waals surface area contributed by atoms with E-state index in [1.807, 2.05) is 24.3 Å². The fourth-order valence-corrected chi connectivity index (χ4v) is 6.15. The largest absolute Gasteiger partial charge is 0.295 e. The molecule has 0 N–H and O–H groups in total. The summed E-state index contributed by atoms with van der Waals surface area (Å²) >= 11 is 1.30. The summed E-state index contributed by atoms with van der Waals surface area (Å²) in [4.78, 5) is 11.7. The van der Waals surface area contributed by atoms with Crippen molar-refractivity contribution in [1.29, 1.82) is 0 Å². The minimum atomic E-state index is -3.46. The lowest BCUT2D eigenvalue weighted by atomic mass is 10.2. The van der Waals surface area contributed by atoms with Gasteiger partial charge in [0.2, 0.25) is 0 Å². The molecule has 0 aromatic carbocycles. The van der Waals surface area contributed by atoms with Gasteiger partial charge in [-0.15, -0.1) is 11.3 Å². The van der Waals surface area contributed by atoms with E-state index < -0.39 is 10.0 Å². The molecule has 1 fully saturated rings. The van der Waals surface area contributed by atoms with E-state index in [1.165, 1.54) is 16.9 Å². The third-order valence-corrected chi connectivity index (χ3v) is 8.44. The van der Waals surface area contributed by atoms with Gasteiger partial charge in [-0.2, -0.15) is 4.31 Å². The van der Waals surface area contributed by atoms with E-state index in [0.29, 0.717) is 30.4 Å². The number of piperazine rings is 1. The van der Waals surface area contributed by atoms with E-state index in [0.717, 1.165) is 22.7 Å². The molecule has 0 saturated carbocycles. The lowest BCUT2D eigenvalue weighted by molar-refractivity contribution is 0.180. The normalized spacial score (nSPS) is 16.3. The Kier molecular flexibility index (Phi) is 5.54. The van der Waals surface area contributed by atoms with Gasteiger partial charge in [0.25, 0.3) is 10.0 Å². The molecule has 0 bridgehead atoms. The highest BCUT2D eigenvalue weighted by Crippen LogP contribution is 2.32. The smallest absolute Gasteiger partial charge is 0.252 e. The zero-order valence-corrected chi connectivity index (χ0v) is 17.3. The maximum Gasteiger partial charge on any atom is 0.252 e. The van der Waals surface area contributed by atoms with Crippen molar-refractivity contribution in [3.8, 4) is 10.4 Å². The fraction of sp³-hybridized carbons (Fsp3) is 0.300. The van der Waals surface area contributed by atoms with Crippen molar-refractivity contribution in [1.82, 2.24) is 19.2 Å². The van der Waals surface area contributed by atoms with Crippen LogP contribution in [0.15, 0.2) is 59.2 Å². The molecule has 28 heavy (non-hydrogen) atoms. The van der Waals surface area contributed by atoms with Crippen LogP contribution in [0.2, 0.25) is 0 Å². The molecule has 3 aromatic rings. The fourth-order valence-electron chi connectivity index (χ4n) is 3.27. The second-order valence-corrected chi connectivity index (χ2v) is 10.1. The van der Waals surface area contributed by atoms with E-state index in [9.17, 15) is 8.42 Å². The molecular weight excluding hydrogens is 392 g/mol. The summed E-state index contributed by atoms with van der Waals surface area (Å²) in [5, 5.41) is 0. The molecular formula is C20H22N4O2S2. The van der Waals surface area contributed by atoms with Crippen LogP contribution in [-0.2, 0) is 16.6 Å². The topological polar surface area (TPSA) is 66.4 Å². The van der Waals surface area contributed by atoms with Crippen molar-refractivity contribution in [3.63, 3.8) is 0 Å². The van der Waals surface area contributed by atoms with Gasteiger partial charge in [-0.05, 0) is 36.8 Å². The highest BCUT2D eigenvalue weighted by atomic mass is 32.2. The van der Waals surface area contributed by atoms with E-state index in [4.69, 9.17) is 0 Å². The van der Waals surface area contributed by atoms with Crippen LogP contribution in [0.3, 0.4) is 0 Å². The average Bonchev–Trinajstić information content (AvgIpc) is 3.22. The number of thiophene rings is 1. The van der Waals surface area contributed by atoms with E-state index in [2.05, 4.69) is 27.9 Å². The van der Waals surface area contributed by atoms with Gasteiger partial charge in [0.15, 0.2) is 0 Å². The third kappa shape index (κ3) is 4.00. The van der Waals surface area contributed by atoms with Crippen LogP contribution in [0.4, 0.5) is 0 Å². The van der Waals surface area contributed by atoms with Crippen LogP contribution >= 0.6 is 11.3 Å². The molecule has 4 heterocycles. The summed E-state index contributed by atoms with van der Waals surface area (Å²) < 4.78 is 28.1. The summed E-state index contributed by atoms with van der Waals surface area (Å²) in [6.45, 7) is 5.21. The molecule has 0 radical (unpaired) electrons. The molecule has 3 aromatic heterocycles. The van der Waals surface area contributed by atoms with Crippen molar-refractivity contribution in [2.45, 2.75) is 17.7 Å². The number of rotatable bonds is 5. The van der Waals surface area contributed by atoms with Gasteiger partial charge in [-0.1, -0.05) is 12.1 Å². The quantitative estimate of drug-likeness (QED) is 0.642. The number of hydrogen-bond acceptors (Lipinski definition) is 6. The first-order valence-corrected chi connectivity index (χ1v) is 11.4. The lowest BCUT2D eigenvalue weighted by Crippen LogP contribution is -2.48. The predicted octanol–water partition coefficient (Wildman–Crippen LogP) is 3.02. The molecule has 0 amide bonds. The Bertz CT molecular complexity index is 1040. The Morgan fingerprint density at radius 2 is 1.82 bits per heavy atom. The highest BCUT2D eigenvalue weighted by molar-refractivity contribution is 7.91. The van der Waals surface area contributed by atoms with Crippen molar-refractivity contribution in [2.24, 2.45) is 0 Å². The van der Waals surface area contributed by atoms with Gasteiger partial charge < -0.3 is 0 Å². The van der Waals surface area contributed by atoms with Crippen LogP contribution in [-0.4, -0.2) is 53.8 Å². The zero-order valence-electron chi connectivity index (χ0n) is 15.7. The predicted molar refractivity (Wildman–Crippen MR) is 111 cm³/mol. The summed E-state index contributed by atoms with van der Waals surface area (Å²) in [7, 11) is -3.46. The first kappa shape index (κ1) is 19.2. The summed E-state index contributed by atoms with van der Waals surface area (Å²) in [6.07, 6.45) is 5.26. The van der Waals surface area contributed by atoms with Gasteiger partial charge in [0.1, 0.15) is 4.21 Å². The first-order chi connectivity index (χ1) is 13.5. The summed E-state index contributed by atoms with van der Waals surface area (Å²) in [5.74, 6) is 0. The second kappa shape index (κ2) is 8.08. The Morgan fingerprint density at radius 1 is 1.04 bits per heavy atom. The number of hydrogen-bond donors (Lipinski definition) is 0. The number of pyridine rings is 2. The van der Waals surface area contributed by atoms with Gasteiger partial charge in [-0.3, -0.25) is 14.9 Å². The van der Waals surface area contributed by atoms with E-state index in [1.54, 1.807) is 29.0 Å². The van der Waals surface area contributed by atoms with Gasteiger partial charge in [-0.25, -0.2) is 8.42 Å². The third-order valence-electron chi connectivity index (χ3n) is 4.94. The Morgan fingerprint density at radius 3 is 2.54 bits per heavy atom. The second-order valence-electron chi connectivity index (χ2n) is 6.81. The SMILES string of the molecule is Cc1cccnc1CN1CCN(S(=O)(=O)c2ccc(-c3cccnc3)s2)CC1. The van der Waals surface area contributed by atoms with Gasteiger partial charge in [0, 0.05) is 61.8 Å². The van der Waals surface area contributed by atoms with Crippen LogP contribution in [0, 0.1) is 6.92 Å². The maximum absolute atomic E-state index is 13.0. The monoisotopic (exact) mass is 414 g/mol. The molecule has 0 aliphatic carbocycles. The Balaban J connectivity index is 1.43. The first-order valence-electron chi connectivity index (χ1n) is 9.17. The number of aromatic nitrogens is 2. The van der Waals surface area contributed by atoms with Crippen molar-refractivity contribution < 1.29 is 8.42 Å². The van der Waals surface area contributed by atoms with E-state index >= 15 is 0 Å². The Hall–Kier alpha value is -2.13. The van der Waals surface area contributed by atoms with E-state index in [-0.39, 0.29) is 0 Å². The van der Waals surface area contributed by atoms with Crippen LogP contribution < -0.4 is 0 Å². The molecule has 0 atom stereocenters. The van der Waals surface area contributed by atoms with Gasteiger partial charge in [0.05, 0.1) is 5.69 Å². The molecule has 0 unspecified atom stereocenters. The molecule has 146 valence electrons. The summed E-state index contributed by atoms with van der Waals surface area (Å²) in [6, 6.07) is 11.3. The average molecular weight is 415 g/mol. The standard InChI is InChI=1S/C20H22N4O2S2/c1-16-4-2-9-22-18(16)15-23-10-12-24(13-11-23)28(25,26)20-7-6-19(27-20)17-5-3-8-21-14-17/h2-9,14H,10-13,15H2,1H3. The minimum Gasteiger partial charge on any atom is -0.295 e. The molecule has 8 heteroatoms. The van der Waals surface area contributed by atoms with Crippen LogP contribution in [0.25, 0.3) is 10.4 Å². The molecule has 0 spiro atoms. The molecule has 1 aliphatic rings. The lowest BCUT2D eigenvalue weighted by Gasteiger charge is -2.33. The molecule has 1 aliphatic heterocycles.